The smallest absolute Gasteiger partial charge is 0.293 e. The maximum Gasteiger partial charge on any atom is 0.293 e. The van der Waals surface area contributed by atoms with Crippen molar-refractivity contribution in [3.8, 4) is 0 Å². The summed E-state index contributed by atoms with van der Waals surface area (Å²) < 4.78 is 22.8. The van der Waals surface area contributed by atoms with Crippen LogP contribution in [-0.2, 0) is 10.0 Å². The molecule has 1 aromatic rings. The number of anilines is 1. The first-order chi connectivity index (χ1) is 11.3. The van der Waals surface area contributed by atoms with E-state index in [-0.39, 0.29) is 16.6 Å². The standard InChI is InChI=1S/C16H23N3O4S/c17-24(22,23)14-7-8-15(16(10-14)19(20)21)18-13-6-5-11-3-1-2-4-12(11)9-13/h7-8,10-13,18H,1-6,9H2,(H2,17,22,23)/t11-,12-,13-/m1/s1. The van der Waals surface area contributed by atoms with Crippen molar-refractivity contribution in [1.29, 1.82) is 0 Å². The fraction of sp³-hybridized carbons (Fsp3) is 0.625. The van der Waals surface area contributed by atoms with E-state index in [0.717, 1.165) is 31.2 Å². The molecule has 3 rings (SSSR count). The first kappa shape index (κ1) is 17.2. The normalized spacial score (nSPS) is 27.3. The Balaban J connectivity index is 1.78. The molecule has 2 aliphatic carbocycles. The van der Waals surface area contributed by atoms with Crippen molar-refractivity contribution in [2.75, 3.05) is 5.32 Å². The van der Waals surface area contributed by atoms with Gasteiger partial charge in [0.05, 0.1) is 9.82 Å². The highest BCUT2D eigenvalue weighted by Gasteiger charge is 2.33. The maximum absolute atomic E-state index is 11.4. The molecule has 2 saturated carbocycles. The number of hydrogen-bond donors (Lipinski definition) is 2. The zero-order valence-corrected chi connectivity index (χ0v) is 14.3. The molecule has 2 aliphatic rings. The molecule has 7 nitrogen and oxygen atoms in total. The molecule has 3 atom stereocenters. The van der Waals surface area contributed by atoms with E-state index in [1.807, 2.05) is 0 Å². The van der Waals surface area contributed by atoms with Gasteiger partial charge >= 0.3 is 0 Å². The van der Waals surface area contributed by atoms with E-state index in [2.05, 4.69) is 5.32 Å². The van der Waals surface area contributed by atoms with Crippen LogP contribution in [0.25, 0.3) is 0 Å². The fourth-order valence-corrected chi connectivity index (χ4v) is 4.72. The summed E-state index contributed by atoms with van der Waals surface area (Å²) >= 11 is 0. The molecule has 132 valence electrons. The van der Waals surface area contributed by atoms with Gasteiger partial charge in [0.25, 0.3) is 5.69 Å². The lowest BCUT2D eigenvalue weighted by molar-refractivity contribution is -0.384. The summed E-state index contributed by atoms with van der Waals surface area (Å²) in [5.74, 6) is 1.50. The third-order valence-corrected chi connectivity index (χ3v) is 6.30. The molecular formula is C16H23N3O4S. The van der Waals surface area contributed by atoms with Crippen LogP contribution in [0, 0.1) is 22.0 Å². The molecule has 0 aliphatic heterocycles. The van der Waals surface area contributed by atoms with Crippen LogP contribution in [0.3, 0.4) is 0 Å². The Hall–Kier alpha value is -1.67. The SMILES string of the molecule is NS(=O)(=O)c1ccc(N[C@@H]2CC[C@H]3CCCC[C@@H]3C2)c([N+](=O)[O-])c1. The number of nitro groups is 1. The monoisotopic (exact) mass is 353 g/mol. The van der Waals surface area contributed by atoms with Gasteiger partial charge in [0.1, 0.15) is 5.69 Å². The van der Waals surface area contributed by atoms with E-state index in [0.29, 0.717) is 11.6 Å². The molecule has 0 saturated heterocycles. The van der Waals surface area contributed by atoms with Crippen molar-refractivity contribution in [2.24, 2.45) is 17.0 Å². The average molecular weight is 353 g/mol. The largest absolute Gasteiger partial charge is 0.377 e. The summed E-state index contributed by atoms with van der Waals surface area (Å²) in [7, 11) is -3.96. The Bertz CT molecular complexity index is 735. The van der Waals surface area contributed by atoms with Crippen LogP contribution in [0.1, 0.15) is 44.9 Å². The number of nitrogens with two attached hydrogens (primary N) is 1. The van der Waals surface area contributed by atoms with Crippen LogP contribution < -0.4 is 10.5 Å². The van der Waals surface area contributed by atoms with Gasteiger partial charge in [0.2, 0.25) is 10.0 Å². The van der Waals surface area contributed by atoms with Crippen LogP contribution in [0.15, 0.2) is 23.1 Å². The molecule has 2 fully saturated rings. The molecule has 8 heteroatoms. The lowest BCUT2D eigenvalue weighted by Gasteiger charge is -2.39. The van der Waals surface area contributed by atoms with Crippen LogP contribution in [-0.4, -0.2) is 19.4 Å². The summed E-state index contributed by atoms with van der Waals surface area (Å²) in [5, 5.41) is 19.6. The van der Waals surface area contributed by atoms with Gasteiger partial charge in [-0.25, -0.2) is 13.6 Å². The molecule has 0 heterocycles. The summed E-state index contributed by atoms with van der Waals surface area (Å²) in [6, 6.07) is 3.99. The zero-order valence-electron chi connectivity index (χ0n) is 13.5. The van der Waals surface area contributed by atoms with Crippen LogP contribution in [0.5, 0.6) is 0 Å². The molecule has 0 bridgehead atoms. The quantitative estimate of drug-likeness (QED) is 0.637. The predicted octanol–water partition coefficient (Wildman–Crippen LogP) is 3.01. The van der Waals surface area contributed by atoms with E-state index in [1.54, 1.807) is 0 Å². The van der Waals surface area contributed by atoms with Crippen molar-refractivity contribution in [3.05, 3.63) is 28.3 Å². The van der Waals surface area contributed by atoms with E-state index < -0.39 is 14.9 Å². The van der Waals surface area contributed by atoms with Gasteiger partial charge in [-0.15, -0.1) is 0 Å². The number of sulfonamides is 1. The first-order valence-electron chi connectivity index (χ1n) is 8.42. The third kappa shape index (κ3) is 3.70. The number of rotatable bonds is 4. The van der Waals surface area contributed by atoms with Gasteiger partial charge in [-0.1, -0.05) is 25.7 Å². The third-order valence-electron chi connectivity index (χ3n) is 5.39. The highest BCUT2D eigenvalue weighted by molar-refractivity contribution is 7.89. The number of benzene rings is 1. The number of nitro benzene ring substituents is 1. The Kier molecular flexibility index (Phi) is 4.78. The van der Waals surface area contributed by atoms with Crippen molar-refractivity contribution in [1.82, 2.24) is 0 Å². The fourth-order valence-electron chi connectivity index (χ4n) is 4.19. The van der Waals surface area contributed by atoms with Crippen LogP contribution in [0.4, 0.5) is 11.4 Å². The topological polar surface area (TPSA) is 115 Å². The molecular weight excluding hydrogens is 330 g/mol. The summed E-state index contributed by atoms with van der Waals surface area (Å²) in [6.45, 7) is 0. The van der Waals surface area contributed by atoms with E-state index >= 15 is 0 Å². The first-order valence-corrected chi connectivity index (χ1v) is 9.97. The lowest BCUT2D eigenvalue weighted by atomic mass is 9.69. The minimum Gasteiger partial charge on any atom is -0.377 e. The van der Waals surface area contributed by atoms with E-state index in [4.69, 9.17) is 5.14 Å². The lowest BCUT2D eigenvalue weighted by Crippen LogP contribution is -2.34. The Morgan fingerprint density at radius 1 is 1.12 bits per heavy atom. The second-order valence-corrected chi connectivity index (χ2v) is 8.50. The Labute approximate surface area is 141 Å². The highest BCUT2D eigenvalue weighted by Crippen LogP contribution is 2.41. The summed E-state index contributed by atoms with van der Waals surface area (Å²) in [6.07, 6.45) is 8.33. The summed E-state index contributed by atoms with van der Waals surface area (Å²) in [5.41, 5.74) is 0.124. The van der Waals surface area contributed by atoms with Crippen molar-refractivity contribution >= 4 is 21.4 Å². The van der Waals surface area contributed by atoms with Crippen molar-refractivity contribution in [2.45, 2.75) is 55.9 Å². The van der Waals surface area contributed by atoms with E-state index in [9.17, 15) is 18.5 Å². The van der Waals surface area contributed by atoms with Crippen LogP contribution in [0.2, 0.25) is 0 Å². The molecule has 0 radical (unpaired) electrons. The highest BCUT2D eigenvalue weighted by atomic mass is 32.2. The average Bonchev–Trinajstić information content (AvgIpc) is 2.54. The van der Waals surface area contributed by atoms with Gasteiger partial charge < -0.3 is 5.32 Å². The van der Waals surface area contributed by atoms with Gasteiger partial charge in [-0.2, -0.15) is 0 Å². The molecule has 0 aromatic heterocycles. The van der Waals surface area contributed by atoms with Gasteiger partial charge in [-0.05, 0) is 43.2 Å². The number of nitrogens with one attached hydrogen (secondary N) is 1. The van der Waals surface area contributed by atoms with E-state index in [1.165, 1.54) is 37.8 Å². The molecule has 0 spiro atoms. The van der Waals surface area contributed by atoms with Gasteiger partial charge in [0.15, 0.2) is 0 Å². The predicted molar refractivity (Wildman–Crippen MR) is 91.2 cm³/mol. The molecule has 1 aromatic carbocycles. The molecule has 0 amide bonds. The molecule has 3 N–H and O–H groups in total. The second-order valence-electron chi connectivity index (χ2n) is 6.94. The number of fused-ring (bicyclic) bond motifs is 1. The number of nitrogens with zero attached hydrogens (tertiary/aromatic N) is 1. The maximum atomic E-state index is 11.4. The van der Waals surface area contributed by atoms with Crippen LogP contribution >= 0.6 is 0 Å². The van der Waals surface area contributed by atoms with Crippen molar-refractivity contribution in [3.63, 3.8) is 0 Å². The minimum absolute atomic E-state index is 0.198. The Morgan fingerprint density at radius 2 is 1.83 bits per heavy atom. The molecule has 0 unspecified atom stereocenters. The number of primary sulfonamides is 1. The number of hydrogen-bond acceptors (Lipinski definition) is 5. The minimum atomic E-state index is -3.96. The van der Waals surface area contributed by atoms with Crippen molar-refractivity contribution < 1.29 is 13.3 Å². The van der Waals surface area contributed by atoms with Gasteiger partial charge in [-0.3, -0.25) is 10.1 Å². The molecule has 24 heavy (non-hydrogen) atoms. The zero-order chi connectivity index (χ0) is 17.3. The second kappa shape index (κ2) is 6.68. The Morgan fingerprint density at radius 3 is 2.50 bits per heavy atom. The van der Waals surface area contributed by atoms with Gasteiger partial charge in [0, 0.05) is 12.1 Å². The summed E-state index contributed by atoms with van der Waals surface area (Å²) in [4.78, 5) is 10.5.